The second-order valence-corrected chi connectivity index (χ2v) is 4.74. The van der Waals surface area contributed by atoms with Gasteiger partial charge in [-0.1, -0.05) is 0 Å². The van der Waals surface area contributed by atoms with Crippen LogP contribution in [0.2, 0.25) is 0 Å². The van der Waals surface area contributed by atoms with E-state index in [4.69, 9.17) is 11.6 Å². The van der Waals surface area contributed by atoms with E-state index in [9.17, 15) is 0 Å². The summed E-state index contributed by atoms with van der Waals surface area (Å²) in [6, 6.07) is 0. The zero-order valence-electron chi connectivity index (χ0n) is 7.37. The number of anilines is 1. The predicted molar refractivity (Wildman–Crippen MR) is 57.7 cm³/mol. The first-order chi connectivity index (χ1) is 6.25. The predicted octanol–water partition coefficient (Wildman–Crippen LogP) is 2.53. The van der Waals surface area contributed by atoms with Crippen molar-refractivity contribution in [3.05, 3.63) is 18.0 Å². The molecule has 0 amide bonds. The lowest BCUT2D eigenvalue weighted by Crippen LogP contribution is -2.33. The molecular formula is C9H12ClN2S. The van der Waals surface area contributed by atoms with Crippen molar-refractivity contribution in [1.29, 1.82) is 0 Å². The minimum atomic E-state index is 0.357. The lowest BCUT2D eigenvalue weighted by Gasteiger charge is -2.28. The van der Waals surface area contributed by atoms with Crippen molar-refractivity contribution in [1.82, 2.24) is 4.98 Å². The fourth-order valence-corrected chi connectivity index (χ4v) is 2.47. The molecule has 0 aliphatic carbocycles. The molecule has 13 heavy (non-hydrogen) atoms. The Morgan fingerprint density at radius 3 is 2.77 bits per heavy atom. The lowest BCUT2D eigenvalue weighted by atomic mass is 10.1. The molecule has 0 unspecified atom stereocenters. The van der Waals surface area contributed by atoms with Gasteiger partial charge in [0.1, 0.15) is 0 Å². The maximum atomic E-state index is 6.02. The summed E-state index contributed by atoms with van der Waals surface area (Å²) in [7, 11) is 0. The zero-order valence-corrected chi connectivity index (χ0v) is 8.94. The second-order valence-electron chi connectivity index (χ2n) is 3.28. The molecular weight excluding hydrogens is 204 g/mol. The largest absolute Gasteiger partial charge is 0.348 e. The van der Waals surface area contributed by atoms with E-state index in [-0.39, 0.29) is 0 Å². The number of alkyl halides is 1. The van der Waals surface area contributed by atoms with Gasteiger partial charge in [-0.3, -0.25) is 0 Å². The molecule has 0 atom stereocenters. The van der Waals surface area contributed by atoms with Gasteiger partial charge in [0.2, 0.25) is 0 Å². The van der Waals surface area contributed by atoms with Crippen LogP contribution in [0, 0.1) is 6.92 Å². The van der Waals surface area contributed by atoms with E-state index in [2.05, 4.69) is 16.8 Å². The van der Waals surface area contributed by atoms with E-state index in [1.807, 2.05) is 5.38 Å². The van der Waals surface area contributed by atoms with Gasteiger partial charge in [0, 0.05) is 23.8 Å². The maximum absolute atomic E-state index is 6.02. The minimum Gasteiger partial charge on any atom is -0.348 e. The quantitative estimate of drug-likeness (QED) is 0.670. The van der Waals surface area contributed by atoms with Gasteiger partial charge in [-0.15, -0.1) is 22.9 Å². The Balaban J connectivity index is 2.02. The van der Waals surface area contributed by atoms with E-state index < -0.39 is 0 Å². The van der Waals surface area contributed by atoms with Crippen LogP contribution in [0.4, 0.5) is 5.13 Å². The normalized spacial score (nSPS) is 19.4. The molecule has 2 rings (SSSR count). The van der Waals surface area contributed by atoms with Crippen LogP contribution in [-0.4, -0.2) is 23.5 Å². The highest BCUT2D eigenvalue weighted by Crippen LogP contribution is 2.25. The molecule has 1 aliphatic rings. The Morgan fingerprint density at radius 2 is 2.23 bits per heavy atom. The third-order valence-corrected chi connectivity index (χ3v) is 3.62. The number of piperidine rings is 1. The Bertz CT molecular complexity index is 279. The van der Waals surface area contributed by atoms with Gasteiger partial charge < -0.3 is 4.90 Å². The molecule has 0 spiro atoms. The van der Waals surface area contributed by atoms with Gasteiger partial charge in [0.25, 0.3) is 0 Å². The number of halogens is 1. The van der Waals surface area contributed by atoms with Crippen molar-refractivity contribution >= 4 is 28.1 Å². The molecule has 4 heteroatoms. The Labute approximate surface area is 87.5 Å². The van der Waals surface area contributed by atoms with Crippen molar-refractivity contribution in [3.8, 4) is 0 Å². The molecule has 2 heterocycles. The van der Waals surface area contributed by atoms with Crippen LogP contribution in [0.3, 0.4) is 0 Å². The molecule has 2 nitrogen and oxygen atoms in total. The molecule has 1 aromatic rings. The summed E-state index contributed by atoms with van der Waals surface area (Å²) in [5, 5.41) is 3.44. The Kier molecular flexibility index (Phi) is 2.74. The molecule has 1 radical (unpaired) electrons. The summed E-state index contributed by atoms with van der Waals surface area (Å²) >= 11 is 7.69. The summed E-state index contributed by atoms with van der Waals surface area (Å²) < 4.78 is 0. The molecule has 1 fully saturated rings. The first-order valence-corrected chi connectivity index (χ1v) is 5.74. The summed E-state index contributed by atoms with van der Waals surface area (Å²) in [6.45, 7) is 5.86. The standard InChI is InChI=1S/C9H12ClN2S/c1-7-6-13-9(11-7)12-4-2-8(10)3-5-12/h6,8H,1-5H2. The van der Waals surface area contributed by atoms with Gasteiger partial charge in [-0.05, 0) is 19.8 Å². The first-order valence-electron chi connectivity index (χ1n) is 4.42. The summed E-state index contributed by atoms with van der Waals surface area (Å²) in [4.78, 5) is 6.64. The van der Waals surface area contributed by atoms with Crippen molar-refractivity contribution in [2.75, 3.05) is 18.0 Å². The van der Waals surface area contributed by atoms with E-state index in [1.165, 1.54) is 0 Å². The van der Waals surface area contributed by atoms with Gasteiger partial charge >= 0.3 is 0 Å². The Hall–Kier alpha value is -0.280. The van der Waals surface area contributed by atoms with Gasteiger partial charge in [-0.25, -0.2) is 4.98 Å². The van der Waals surface area contributed by atoms with Crippen molar-refractivity contribution in [3.63, 3.8) is 0 Å². The molecule has 0 bridgehead atoms. The summed E-state index contributed by atoms with van der Waals surface area (Å²) in [5.74, 6) is 0. The van der Waals surface area contributed by atoms with Crippen LogP contribution in [-0.2, 0) is 0 Å². The van der Waals surface area contributed by atoms with E-state index in [1.54, 1.807) is 11.3 Å². The van der Waals surface area contributed by atoms with Gasteiger partial charge in [-0.2, -0.15) is 0 Å². The van der Waals surface area contributed by atoms with E-state index in [0.717, 1.165) is 36.8 Å². The molecule has 0 N–H and O–H groups in total. The van der Waals surface area contributed by atoms with Crippen LogP contribution in [0.15, 0.2) is 5.38 Å². The monoisotopic (exact) mass is 215 g/mol. The number of aromatic nitrogens is 1. The van der Waals surface area contributed by atoms with E-state index in [0.29, 0.717) is 5.38 Å². The third-order valence-electron chi connectivity index (χ3n) is 2.23. The highest BCUT2D eigenvalue weighted by molar-refractivity contribution is 7.13. The Morgan fingerprint density at radius 1 is 1.54 bits per heavy atom. The third kappa shape index (κ3) is 2.15. The fraction of sp³-hybridized carbons (Fsp3) is 0.556. The van der Waals surface area contributed by atoms with Crippen molar-refractivity contribution in [2.45, 2.75) is 18.2 Å². The van der Waals surface area contributed by atoms with Crippen LogP contribution in [0.5, 0.6) is 0 Å². The molecule has 0 aromatic carbocycles. The average molecular weight is 216 g/mol. The zero-order chi connectivity index (χ0) is 9.26. The van der Waals surface area contributed by atoms with Crippen LogP contribution in [0.25, 0.3) is 0 Å². The molecule has 0 saturated carbocycles. The highest BCUT2D eigenvalue weighted by atomic mass is 35.5. The summed E-state index contributed by atoms with van der Waals surface area (Å²) in [5.41, 5.74) is 0.869. The van der Waals surface area contributed by atoms with Gasteiger partial charge in [0.05, 0.1) is 5.69 Å². The highest BCUT2D eigenvalue weighted by Gasteiger charge is 2.18. The fourth-order valence-electron chi connectivity index (χ4n) is 1.48. The topological polar surface area (TPSA) is 16.1 Å². The minimum absolute atomic E-state index is 0.357. The molecule has 1 aromatic heterocycles. The number of nitrogens with zero attached hydrogens (tertiary/aromatic N) is 2. The number of rotatable bonds is 1. The molecule has 1 saturated heterocycles. The lowest BCUT2D eigenvalue weighted by molar-refractivity contribution is 0.584. The summed E-state index contributed by atoms with van der Waals surface area (Å²) in [6.07, 6.45) is 2.13. The second kappa shape index (κ2) is 3.84. The van der Waals surface area contributed by atoms with Crippen LogP contribution >= 0.6 is 22.9 Å². The van der Waals surface area contributed by atoms with E-state index >= 15 is 0 Å². The van der Waals surface area contributed by atoms with Crippen molar-refractivity contribution < 1.29 is 0 Å². The number of thiazole rings is 1. The van der Waals surface area contributed by atoms with Crippen LogP contribution in [0.1, 0.15) is 18.5 Å². The maximum Gasteiger partial charge on any atom is 0.185 e. The number of hydrogen-bond acceptors (Lipinski definition) is 3. The molecule has 71 valence electrons. The SMILES string of the molecule is [CH2]c1csc(N2CCC(Cl)CC2)n1. The average Bonchev–Trinajstić information content (AvgIpc) is 2.53. The smallest absolute Gasteiger partial charge is 0.185 e. The number of hydrogen-bond donors (Lipinski definition) is 0. The van der Waals surface area contributed by atoms with Crippen molar-refractivity contribution in [2.24, 2.45) is 0 Å². The first kappa shape index (κ1) is 9.28. The van der Waals surface area contributed by atoms with Crippen LogP contribution < -0.4 is 4.90 Å². The molecule has 1 aliphatic heterocycles. The van der Waals surface area contributed by atoms with Gasteiger partial charge in [0.15, 0.2) is 5.13 Å².